The van der Waals surface area contributed by atoms with Gasteiger partial charge in [-0.1, -0.05) is 0 Å². The van der Waals surface area contributed by atoms with E-state index in [4.69, 9.17) is 16.0 Å². The third kappa shape index (κ3) is 2.45. The fourth-order valence-corrected chi connectivity index (χ4v) is 0.805. The molecule has 1 rings (SSSR count). The molecular formula is C7H13N5O. The van der Waals surface area contributed by atoms with Crippen LogP contribution in [0.5, 0.6) is 0 Å². The van der Waals surface area contributed by atoms with Crippen molar-refractivity contribution in [2.45, 2.75) is 20.4 Å². The first-order valence-corrected chi connectivity index (χ1v) is 3.83. The zero-order chi connectivity index (χ0) is 9.84. The summed E-state index contributed by atoms with van der Waals surface area (Å²) in [6.45, 7) is 4.02. The van der Waals surface area contributed by atoms with Crippen molar-refractivity contribution >= 4 is 5.96 Å². The lowest BCUT2D eigenvalue weighted by Crippen LogP contribution is -2.37. The number of oxazole rings is 1. The first-order valence-electron chi connectivity index (χ1n) is 3.83. The number of aliphatic imine (C=N–C) groups is 1. The summed E-state index contributed by atoms with van der Waals surface area (Å²) in [5, 5.41) is 0. The highest BCUT2D eigenvalue weighted by atomic mass is 16.4. The fraction of sp³-hybridized carbons (Fsp3) is 0.429. The second-order valence-electron chi connectivity index (χ2n) is 2.60. The predicted octanol–water partition coefficient (Wildman–Crippen LogP) is -0.431. The molecule has 0 aliphatic carbocycles. The number of hydrogen-bond acceptors (Lipinski definition) is 4. The number of guanidine groups is 1. The molecule has 0 aliphatic heterocycles. The molecule has 0 saturated heterocycles. The lowest BCUT2D eigenvalue weighted by molar-refractivity contribution is 0.473. The molecule has 0 atom stereocenters. The molecule has 1 aromatic rings. The summed E-state index contributed by atoms with van der Waals surface area (Å²) < 4.78 is 5.27. The highest BCUT2D eigenvalue weighted by molar-refractivity contribution is 5.76. The number of rotatable bonds is 2. The van der Waals surface area contributed by atoms with Gasteiger partial charge in [0.25, 0.3) is 0 Å². The van der Waals surface area contributed by atoms with Crippen molar-refractivity contribution in [3.05, 3.63) is 17.3 Å². The van der Waals surface area contributed by atoms with Gasteiger partial charge in [-0.25, -0.2) is 15.8 Å². The van der Waals surface area contributed by atoms with Crippen LogP contribution in [0.25, 0.3) is 0 Å². The summed E-state index contributed by atoms with van der Waals surface area (Å²) in [4.78, 5) is 7.99. The molecule has 13 heavy (non-hydrogen) atoms. The largest absolute Gasteiger partial charge is 0.444 e. The quantitative estimate of drug-likeness (QED) is 0.250. The van der Waals surface area contributed by atoms with Crippen molar-refractivity contribution in [1.29, 1.82) is 0 Å². The summed E-state index contributed by atoms with van der Waals surface area (Å²) in [6.07, 6.45) is 0. The third-order valence-electron chi connectivity index (χ3n) is 1.61. The van der Waals surface area contributed by atoms with E-state index in [-0.39, 0.29) is 5.96 Å². The molecule has 0 radical (unpaired) electrons. The Balaban J connectivity index is 2.65. The van der Waals surface area contributed by atoms with Crippen LogP contribution >= 0.6 is 0 Å². The molecule has 0 fully saturated rings. The Morgan fingerprint density at radius 3 is 2.77 bits per heavy atom. The number of aromatic nitrogens is 1. The van der Waals surface area contributed by atoms with Crippen molar-refractivity contribution in [3.8, 4) is 0 Å². The second-order valence-corrected chi connectivity index (χ2v) is 2.60. The number of nitrogens with zero attached hydrogens (tertiary/aromatic N) is 2. The van der Waals surface area contributed by atoms with Crippen LogP contribution in [-0.2, 0) is 6.54 Å². The van der Waals surface area contributed by atoms with E-state index in [0.29, 0.717) is 12.4 Å². The Hall–Kier alpha value is -1.56. The molecular weight excluding hydrogens is 170 g/mol. The highest BCUT2D eigenvalue weighted by Crippen LogP contribution is 2.08. The van der Waals surface area contributed by atoms with Crippen LogP contribution in [0.4, 0.5) is 0 Å². The van der Waals surface area contributed by atoms with Crippen LogP contribution in [0, 0.1) is 13.8 Å². The van der Waals surface area contributed by atoms with E-state index in [1.165, 1.54) is 0 Å². The number of nitrogens with one attached hydrogen (secondary N) is 1. The minimum absolute atomic E-state index is 0.161. The molecule has 0 bridgehead atoms. The maximum atomic E-state index is 5.31. The summed E-state index contributed by atoms with van der Waals surface area (Å²) in [5.74, 6) is 6.51. The summed E-state index contributed by atoms with van der Waals surface area (Å²) in [5.41, 5.74) is 8.39. The Bertz CT molecular complexity index is 297. The van der Waals surface area contributed by atoms with E-state index in [2.05, 4.69) is 15.4 Å². The predicted molar refractivity (Wildman–Crippen MR) is 48.6 cm³/mol. The molecule has 1 heterocycles. The average molecular weight is 183 g/mol. The maximum absolute atomic E-state index is 5.31. The lowest BCUT2D eigenvalue weighted by atomic mass is 10.4. The van der Waals surface area contributed by atoms with Crippen LogP contribution < -0.4 is 17.0 Å². The highest BCUT2D eigenvalue weighted by Gasteiger charge is 2.03. The first-order chi connectivity index (χ1) is 6.13. The van der Waals surface area contributed by atoms with Gasteiger partial charge in [0.2, 0.25) is 11.9 Å². The Morgan fingerprint density at radius 1 is 1.62 bits per heavy atom. The van der Waals surface area contributed by atoms with Gasteiger partial charge in [0.15, 0.2) is 0 Å². The number of aryl methyl sites for hydroxylation is 2. The molecule has 0 amide bonds. The molecule has 72 valence electrons. The van der Waals surface area contributed by atoms with Crippen molar-refractivity contribution in [2.24, 2.45) is 16.6 Å². The zero-order valence-corrected chi connectivity index (χ0v) is 7.66. The maximum Gasteiger partial charge on any atom is 0.216 e. The molecule has 0 unspecified atom stereocenters. The monoisotopic (exact) mass is 183 g/mol. The van der Waals surface area contributed by atoms with Gasteiger partial charge in [-0.2, -0.15) is 0 Å². The summed E-state index contributed by atoms with van der Waals surface area (Å²) in [6, 6.07) is 0. The van der Waals surface area contributed by atoms with Gasteiger partial charge in [0.1, 0.15) is 12.3 Å². The Kier molecular flexibility index (Phi) is 2.86. The number of hydrazine groups is 1. The van der Waals surface area contributed by atoms with E-state index >= 15 is 0 Å². The van der Waals surface area contributed by atoms with Crippen molar-refractivity contribution < 1.29 is 4.42 Å². The number of nitrogens with two attached hydrogens (primary N) is 2. The van der Waals surface area contributed by atoms with Crippen LogP contribution in [0.15, 0.2) is 9.41 Å². The third-order valence-corrected chi connectivity index (χ3v) is 1.61. The van der Waals surface area contributed by atoms with Gasteiger partial charge in [-0.3, -0.25) is 5.43 Å². The molecule has 1 aromatic heterocycles. The van der Waals surface area contributed by atoms with Crippen LogP contribution in [-0.4, -0.2) is 10.9 Å². The molecule has 6 heteroatoms. The number of hydrogen-bond donors (Lipinski definition) is 3. The molecule has 0 spiro atoms. The molecule has 0 aromatic carbocycles. The second kappa shape index (κ2) is 3.90. The minimum atomic E-state index is 0.161. The van der Waals surface area contributed by atoms with Gasteiger partial charge in [-0.05, 0) is 13.8 Å². The van der Waals surface area contributed by atoms with E-state index in [1.54, 1.807) is 0 Å². The zero-order valence-electron chi connectivity index (χ0n) is 7.66. The lowest BCUT2D eigenvalue weighted by Gasteiger charge is -1.95. The molecule has 0 saturated carbocycles. The molecule has 5 N–H and O–H groups in total. The normalized spacial score (nSPS) is 11.8. The van der Waals surface area contributed by atoms with Crippen LogP contribution in [0.1, 0.15) is 17.3 Å². The van der Waals surface area contributed by atoms with Gasteiger partial charge >= 0.3 is 0 Å². The average Bonchev–Trinajstić information content (AvgIpc) is 2.42. The van der Waals surface area contributed by atoms with E-state index < -0.39 is 0 Å². The van der Waals surface area contributed by atoms with Crippen LogP contribution in [0.2, 0.25) is 0 Å². The van der Waals surface area contributed by atoms with E-state index in [1.807, 2.05) is 13.8 Å². The molecule has 6 nitrogen and oxygen atoms in total. The Labute approximate surface area is 76.0 Å². The van der Waals surface area contributed by atoms with Crippen molar-refractivity contribution in [2.75, 3.05) is 0 Å². The minimum Gasteiger partial charge on any atom is -0.444 e. The fourth-order valence-electron chi connectivity index (χ4n) is 0.805. The smallest absolute Gasteiger partial charge is 0.216 e. The molecule has 0 aliphatic rings. The summed E-state index contributed by atoms with van der Waals surface area (Å²) in [7, 11) is 0. The van der Waals surface area contributed by atoms with Crippen LogP contribution in [0.3, 0.4) is 0 Å². The van der Waals surface area contributed by atoms with E-state index in [9.17, 15) is 0 Å². The first kappa shape index (κ1) is 9.53. The van der Waals surface area contributed by atoms with E-state index in [0.717, 1.165) is 11.5 Å². The van der Waals surface area contributed by atoms with Gasteiger partial charge in [-0.15, -0.1) is 0 Å². The Morgan fingerprint density at radius 2 is 2.31 bits per heavy atom. The van der Waals surface area contributed by atoms with Gasteiger partial charge in [0.05, 0.1) is 5.69 Å². The van der Waals surface area contributed by atoms with Crippen molar-refractivity contribution in [3.63, 3.8) is 0 Å². The van der Waals surface area contributed by atoms with Crippen molar-refractivity contribution in [1.82, 2.24) is 10.4 Å². The SMILES string of the molecule is Cc1nc(CN=C(N)NN)oc1C. The topological polar surface area (TPSA) is 102 Å². The standard InChI is InChI=1S/C7H13N5O/c1-4-5(2)13-6(11-4)3-10-7(8)12-9/h3,9H2,1-2H3,(H3,8,10,12). The van der Waals surface area contributed by atoms with Gasteiger partial charge < -0.3 is 10.2 Å². The summed E-state index contributed by atoms with van der Waals surface area (Å²) >= 11 is 0. The van der Waals surface area contributed by atoms with Gasteiger partial charge in [0, 0.05) is 0 Å².